The molecule has 0 radical (unpaired) electrons. The molecule has 0 aromatic carbocycles. The Labute approximate surface area is 149 Å². The third-order valence-electron chi connectivity index (χ3n) is 4.02. The van der Waals surface area contributed by atoms with Crippen LogP contribution in [0.15, 0.2) is 17.3 Å². The molecule has 0 bridgehead atoms. The van der Waals surface area contributed by atoms with Crippen LogP contribution in [0.4, 0.5) is 0 Å². The minimum atomic E-state index is -3.46. The van der Waals surface area contributed by atoms with E-state index in [1.807, 2.05) is 6.92 Å². The Balaban J connectivity index is 0.000000970. The number of nitrogens with one attached hydrogen (secondary N) is 1. The number of piperidine rings is 1. The molecule has 2 heterocycles. The number of methoxy groups -OCH3 is 1. The van der Waals surface area contributed by atoms with E-state index in [0.29, 0.717) is 25.6 Å². The van der Waals surface area contributed by atoms with Gasteiger partial charge in [0.05, 0.1) is 12.8 Å². The largest absolute Gasteiger partial charge is 0.483 e. The summed E-state index contributed by atoms with van der Waals surface area (Å²) in [7, 11) is -1.76. The zero-order valence-electron chi connectivity index (χ0n) is 14.8. The number of hydrogen-bond donors (Lipinski definition) is 2. The van der Waals surface area contributed by atoms with Gasteiger partial charge in [0.1, 0.15) is 4.90 Å². The number of carbonyl (C=O) groups is 1. The predicted octanol–water partition coefficient (Wildman–Crippen LogP) is 0.241. The zero-order valence-corrected chi connectivity index (χ0v) is 15.6. The minimum absolute atomic E-state index is 0.237. The standard InChI is InChI=1S/C14H26N4O3S.CH2O2/c1-3-18-12-14(10-15-18)22(19,20)16-9-13-5-4-6-17(11-13)7-8-21-2;2-1-3/h10,12-13,16H,3-9,11H2,1-2H3;1H,(H,2,3). The number of aryl methyl sites for hydroxylation is 1. The molecule has 1 aliphatic heterocycles. The number of carboxylic acid groups (broad SMARTS) is 1. The van der Waals surface area contributed by atoms with Gasteiger partial charge in [0.2, 0.25) is 10.0 Å². The van der Waals surface area contributed by atoms with Gasteiger partial charge >= 0.3 is 0 Å². The number of nitrogens with zero attached hydrogens (tertiary/aromatic N) is 3. The summed E-state index contributed by atoms with van der Waals surface area (Å²) < 4.78 is 34.0. The number of ether oxygens (including phenoxy) is 1. The quantitative estimate of drug-likeness (QED) is 0.625. The minimum Gasteiger partial charge on any atom is -0.483 e. The monoisotopic (exact) mass is 376 g/mol. The molecule has 1 saturated heterocycles. The third-order valence-corrected chi connectivity index (χ3v) is 5.40. The smallest absolute Gasteiger partial charge is 0.290 e. The highest BCUT2D eigenvalue weighted by Crippen LogP contribution is 2.16. The van der Waals surface area contributed by atoms with Crippen LogP contribution in [0.5, 0.6) is 0 Å². The number of aromatic nitrogens is 2. The first-order valence-corrected chi connectivity index (χ1v) is 9.76. The van der Waals surface area contributed by atoms with E-state index in [-0.39, 0.29) is 11.4 Å². The summed E-state index contributed by atoms with van der Waals surface area (Å²) in [4.78, 5) is 10.9. The highest BCUT2D eigenvalue weighted by molar-refractivity contribution is 7.89. The van der Waals surface area contributed by atoms with Gasteiger partial charge in [-0.3, -0.25) is 9.48 Å². The lowest BCUT2D eigenvalue weighted by atomic mass is 9.98. The first-order chi connectivity index (χ1) is 12.0. The summed E-state index contributed by atoms with van der Waals surface area (Å²) in [5.74, 6) is 0.349. The number of rotatable bonds is 8. The van der Waals surface area contributed by atoms with Crippen molar-refractivity contribution in [3.63, 3.8) is 0 Å². The van der Waals surface area contributed by atoms with Crippen LogP contribution in [0.1, 0.15) is 19.8 Å². The Hall–Kier alpha value is -1.49. The Morgan fingerprint density at radius 1 is 1.52 bits per heavy atom. The second kappa shape index (κ2) is 11.2. The summed E-state index contributed by atoms with van der Waals surface area (Å²) in [6.45, 7) is 6.41. The van der Waals surface area contributed by atoms with Crippen molar-refractivity contribution in [3.05, 3.63) is 12.4 Å². The average Bonchev–Trinajstić information content (AvgIpc) is 3.09. The summed E-state index contributed by atoms with van der Waals surface area (Å²) in [6, 6.07) is 0. The third kappa shape index (κ3) is 7.51. The van der Waals surface area contributed by atoms with E-state index in [1.54, 1.807) is 18.0 Å². The van der Waals surface area contributed by atoms with Gasteiger partial charge in [0.15, 0.2) is 0 Å². The van der Waals surface area contributed by atoms with Crippen molar-refractivity contribution in [2.24, 2.45) is 5.92 Å². The van der Waals surface area contributed by atoms with E-state index < -0.39 is 10.0 Å². The van der Waals surface area contributed by atoms with Crippen LogP contribution in [0, 0.1) is 5.92 Å². The van der Waals surface area contributed by atoms with Gasteiger partial charge in [-0.25, -0.2) is 13.1 Å². The van der Waals surface area contributed by atoms with Crippen molar-refractivity contribution in [1.82, 2.24) is 19.4 Å². The second-order valence-electron chi connectivity index (χ2n) is 5.79. The molecule has 25 heavy (non-hydrogen) atoms. The van der Waals surface area contributed by atoms with Gasteiger partial charge in [-0.05, 0) is 32.2 Å². The van der Waals surface area contributed by atoms with Crippen molar-refractivity contribution >= 4 is 16.5 Å². The number of hydrogen-bond acceptors (Lipinski definition) is 6. The molecule has 1 aliphatic rings. The van der Waals surface area contributed by atoms with E-state index in [2.05, 4.69) is 14.7 Å². The van der Waals surface area contributed by atoms with Gasteiger partial charge in [-0.15, -0.1) is 0 Å². The highest BCUT2D eigenvalue weighted by atomic mass is 32.2. The molecule has 1 aromatic heterocycles. The molecule has 1 atom stereocenters. The van der Waals surface area contributed by atoms with Crippen molar-refractivity contribution in [2.75, 3.05) is 39.9 Å². The summed E-state index contributed by atoms with van der Waals surface area (Å²) in [6.07, 6.45) is 5.12. The van der Waals surface area contributed by atoms with Crippen LogP contribution in [0.3, 0.4) is 0 Å². The van der Waals surface area contributed by atoms with Gasteiger partial charge in [-0.1, -0.05) is 0 Å². The van der Waals surface area contributed by atoms with E-state index >= 15 is 0 Å². The Bertz CT molecular complexity index is 605. The maximum Gasteiger partial charge on any atom is 0.290 e. The molecule has 2 rings (SSSR count). The lowest BCUT2D eigenvalue weighted by molar-refractivity contribution is -0.122. The average molecular weight is 376 g/mol. The molecule has 0 saturated carbocycles. The van der Waals surface area contributed by atoms with Crippen LogP contribution in [-0.2, 0) is 26.1 Å². The van der Waals surface area contributed by atoms with Crippen LogP contribution in [0.2, 0.25) is 0 Å². The van der Waals surface area contributed by atoms with E-state index in [4.69, 9.17) is 14.6 Å². The molecule has 10 heteroatoms. The molecule has 0 spiro atoms. The Kier molecular flexibility index (Phi) is 9.65. The SMILES string of the molecule is CCn1cc(S(=O)(=O)NCC2CCCN(CCOC)C2)cn1.O=CO. The normalized spacial score (nSPS) is 18.4. The van der Waals surface area contributed by atoms with Gasteiger partial charge in [0.25, 0.3) is 6.47 Å². The second-order valence-corrected chi connectivity index (χ2v) is 7.56. The Morgan fingerprint density at radius 3 is 2.84 bits per heavy atom. The molecule has 0 aliphatic carbocycles. The summed E-state index contributed by atoms with van der Waals surface area (Å²) in [5.41, 5.74) is 0. The van der Waals surface area contributed by atoms with E-state index in [0.717, 1.165) is 32.5 Å². The zero-order chi connectivity index (χ0) is 18.7. The maximum absolute atomic E-state index is 12.3. The summed E-state index contributed by atoms with van der Waals surface area (Å²) >= 11 is 0. The maximum atomic E-state index is 12.3. The fourth-order valence-electron chi connectivity index (χ4n) is 2.71. The van der Waals surface area contributed by atoms with Crippen LogP contribution in [0.25, 0.3) is 0 Å². The predicted molar refractivity (Wildman–Crippen MR) is 92.8 cm³/mol. The van der Waals surface area contributed by atoms with Crippen molar-refractivity contribution < 1.29 is 23.1 Å². The molecule has 0 amide bonds. The number of likely N-dealkylation sites (tertiary alicyclic amines) is 1. The molecule has 9 nitrogen and oxygen atoms in total. The van der Waals surface area contributed by atoms with E-state index in [1.165, 1.54) is 6.20 Å². The molecule has 2 N–H and O–H groups in total. The summed E-state index contributed by atoms with van der Waals surface area (Å²) in [5, 5.41) is 10.9. The topological polar surface area (TPSA) is 114 Å². The van der Waals surface area contributed by atoms with Gasteiger partial charge < -0.3 is 14.7 Å². The highest BCUT2D eigenvalue weighted by Gasteiger charge is 2.23. The molecule has 1 unspecified atom stereocenters. The van der Waals surface area contributed by atoms with Crippen molar-refractivity contribution in [1.29, 1.82) is 0 Å². The first kappa shape index (κ1) is 21.6. The molecular formula is C15H28N4O5S. The lowest BCUT2D eigenvalue weighted by Gasteiger charge is -2.32. The van der Waals surface area contributed by atoms with Crippen LogP contribution in [-0.4, -0.2) is 74.6 Å². The molecular weight excluding hydrogens is 348 g/mol. The van der Waals surface area contributed by atoms with Crippen molar-refractivity contribution in [3.8, 4) is 0 Å². The lowest BCUT2D eigenvalue weighted by Crippen LogP contribution is -2.42. The molecule has 144 valence electrons. The fourth-order valence-corrected chi connectivity index (χ4v) is 3.78. The molecule has 1 fully saturated rings. The van der Waals surface area contributed by atoms with Crippen molar-refractivity contribution in [2.45, 2.75) is 31.2 Å². The Morgan fingerprint density at radius 2 is 2.24 bits per heavy atom. The van der Waals surface area contributed by atoms with Crippen LogP contribution >= 0.6 is 0 Å². The molecule has 1 aromatic rings. The number of sulfonamides is 1. The van der Waals surface area contributed by atoms with Gasteiger partial charge in [0, 0.05) is 39.5 Å². The van der Waals surface area contributed by atoms with Gasteiger partial charge in [-0.2, -0.15) is 5.10 Å². The fraction of sp³-hybridized carbons (Fsp3) is 0.733. The first-order valence-electron chi connectivity index (χ1n) is 8.28. The van der Waals surface area contributed by atoms with E-state index in [9.17, 15) is 8.42 Å². The van der Waals surface area contributed by atoms with Crippen LogP contribution < -0.4 is 4.72 Å².